The van der Waals surface area contributed by atoms with E-state index in [0.29, 0.717) is 0 Å². The summed E-state index contributed by atoms with van der Waals surface area (Å²) in [4.78, 5) is 0. The highest BCUT2D eigenvalue weighted by Gasteiger charge is 2.15. The smallest absolute Gasteiger partial charge is 0.0541 e. The fourth-order valence-electron chi connectivity index (χ4n) is 5.24. The van der Waals surface area contributed by atoms with E-state index >= 15 is 0 Å². The van der Waals surface area contributed by atoms with Crippen molar-refractivity contribution in [2.75, 3.05) is 0 Å². The molecule has 6 aromatic carbocycles. The van der Waals surface area contributed by atoms with E-state index in [2.05, 4.69) is 144 Å². The first-order valence-corrected chi connectivity index (χ1v) is 12.0. The fourth-order valence-corrected chi connectivity index (χ4v) is 5.24. The van der Waals surface area contributed by atoms with Gasteiger partial charge < -0.3 is 4.57 Å². The topological polar surface area (TPSA) is 4.93 Å². The van der Waals surface area contributed by atoms with E-state index in [0.717, 1.165) is 0 Å². The van der Waals surface area contributed by atoms with Crippen molar-refractivity contribution < 1.29 is 0 Å². The number of nitrogens with zero attached hydrogens (tertiary/aromatic N) is 1. The summed E-state index contributed by atoms with van der Waals surface area (Å²) in [7, 11) is 0. The summed E-state index contributed by atoms with van der Waals surface area (Å²) < 4.78 is 2.40. The van der Waals surface area contributed by atoms with Crippen LogP contribution in [0, 0.1) is 0 Å². The molecule has 1 nitrogen and oxygen atoms in total. The Hall–Kier alpha value is -4.62. The molecule has 0 N–H and O–H groups in total. The van der Waals surface area contributed by atoms with Gasteiger partial charge in [-0.15, -0.1) is 0 Å². The molecule has 0 saturated carbocycles. The minimum atomic E-state index is 1.18. The van der Waals surface area contributed by atoms with Gasteiger partial charge in [0, 0.05) is 16.5 Å². The maximum atomic E-state index is 2.40. The predicted molar refractivity (Wildman–Crippen MR) is 149 cm³/mol. The molecular formula is C34H23N. The molecule has 0 radical (unpaired) electrons. The van der Waals surface area contributed by atoms with Gasteiger partial charge in [0.05, 0.1) is 11.0 Å². The van der Waals surface area contributed by atoms with Crippen LogP contribution in [0.1, 0.15) is 0 Å². The van der Waals surface area contributed by atoms with Crippen LogP contribution < -0.4 is 0 Å². The lowest BCUT2D eigenvalue weighted by atomic mass is 10.0. The lowest BCUT2D eigenvalue weighted by molar-refractivity contribution is 1.19. The Morgan fingerprint density at radius 3 is 1.43 bits per heavy atom. The van der Waals surface area contributed by atoms with Gasteiger partial charge in [-0.2, -0.15) is 0 Å². The molecule has 164 valence electrons. The van der Waals surface area contributed by atoms with Gasteiger partial charge in [-0.3, -0.25) is 0 Å². The largest absolute Gasteiger partial charge is 0.309 e. The van der Waals surface area contributed by atoms with Gasteiger partial charge in [0.15, 0.2) is 0 Å². The van der Waals surface area contributed by atoms with E-state index in [-0.39, 0.29) is 0 Å². The summed E-state index contributed by atoms with van der Waals surface area (Å²) in [6.07, 6.45) is 0. The third-order valence-electron chi connectivity index (χ3n) is 6.97. The molecule has 0 amide bonds. The first-order chi connectivity index (χ1) is 17.3. The number of fused-ring (bicyclic) bond motifs is 4. The zero-order valence-corrected chi connectivity index (χ0v) is 19.2. The lowest BCUT2D eigenvalue weighted by Crippen LogP contribution is -1.94. The van der Waals surface area contributed by atoms with Crippen LogP contribution in [0.25, 0.3) is 60.5 Å². The van der Waals surface area contributed by atoms with E-state index in [4.69, 9.17) is 0 Å². The van der Waals surface area contributed by atoms with E-state index in [1.807, 2.05) is 0 Å². The molecule has 0 fully saturated rings. The van der Waals surface area contributed by atoms with Crippen LogP contribution in [-0.4, -0.2) is 4.57 Å². The van der Waals surface area contributed by atoms with Crippen LogP contribution in [0.15, 0.2) is 140 Å². The molecule has 7 aromatic rings. The molecule has 0 bridgehead atoms. The molecule has 0 unspecified atom stereocenters. The second-order valence-electron chi connectivity index (χ2n) is 9.06. The molecule has 35 heavy (non-hydrogen) atoms. The van der Waals surface area contributed by atoms with Crippen LogP contribution >= 0.6 is 0 Å². The highest BCUT2D eigenvalue weighted by Crippen LogP contribution is 2.37. The summed E-state index contributed by atoms with van der Waals surface area (Å²) in [6, 6.07) is 50.3. The fraction of sp³-hybridized carbons (Fsp3) is 0. The Kier molecular flexibility index (Phi) is 4.53. The lowest BCUT2D eigenvalue weighted by Gasteiger charge is -2.10. The number of benzene rings is 6. The zero-order chi connectivity index (χ0) is 23.2. The van der Waals surface area contributed by atoms with Crippen LogP contribution in [0.4, 0.5) is 0 Å². The Morgan fingerprint density at radius 2 is 0.857 bits per heavy atom. The average Bonchev–Trinajstić information content (AvgIpc) is 3.27. The van der Waals surface area contributed by atoms with Crippen LogP contribution in [-0.2, 0) is 0 Å². The van der Waals surface area contributed by atoms with Crippen LogP contribution in [0.3, 0.4) is 0 Å². The number of aromatic nitrogens is 1. The van der Waals surface area contributed by atoms with Crippen molar-refractivity contribution in [3.8, 4) is 27.9 Å². The quantitative estimate of drug-likeness (QED) is 0.255. The summed E-state index contributed by atoms with van der Waals surface area (Å²) in [6.45, 7) is 0. The molecule has 1 aromatic heterocycles. The third-order valence-corrected chi connectivity index (χ3v) is 6.97. The van der Waals surface area contributed by atoms with E-state index in [9.17, 15) is 0 Å². The molecule has 7 rings (SSSR count). The van der Waals surface area contributed by atoms with Gasteiger partial charge in [-0.25, -0.2) is 0 Å². The van der Waals surface area contributed by atoms with Gasteiger partial charge in [-0.1, -0.05) is 103 Å². The number of hydrogen-bond acceptors (Lipinski definition) is 0. The minimum Gasteiger partial charge on any atom is -0.309 e. The van der Waals surface area contributed by atoms with Gasteiger partial charge in [0.25, 0.3) is 0 Å². The molecule has 1 heterocycles. The second-order valence-corrected chi connectivity index (χ2v) is 9.06. The summed E-state index contributed by atoms with van der Waals surface area (Å²) >= 11 is 0. The van der Waals surface area contributed by atoms with E-state index in [1.165, 1.54) is 60.5 Å². The van der Waals surface area contributed by atoms with Crippen molar-refractivity contribution in [3.05, 3.63) is 140 Å². The molecule has 0 aliphatic carbocycles. The van der Waals surface area contributed by atoms with Gasteiger partial charge in [0.2, 0.25) is 0 Å². The summed E-state index contributed by atoms with van der Waals surface area (Å²) in [5, 5.41) is 5.05. The average molecular weight is 446 g/mol. The second kappa shape index (κ2) is 8.00. The predicted octanol–water partition coefficient (Wildman–Crippen LogP) is 9.27. The van der Waals surface area contributed by atoms with E-state index in [1.54, 1.807) is 0 Å². The number of hydrogen-bond donors (Lipinski definition) is 0. The standard InChI is InChI=1S/C34H23N/c1-3-9-24(10-4-1)28-16-19-33-31(22-28)32-23-29(25-11-5-2-6-12-25)17-20-34(32)35(33)30-18-15-26-13-7-8-14-27(26)21-30/h1-23H. The first-order valence-electron chi connectivity index (χ1n) is 12.0. The Morgan fingerprint density at radius 1 is 0.343 bits per heavy atom. The van der Waals surface area contributed by atoms with Crippen molar-refractivity contribution >= 4 is 32.6 Å². The van der Waals surface area contributed by atoms with Crippen molar-refractivity contribution in [3.63, 3.8) is 0 Å². The highest BCUT2D eigenvalue weighted by atomic mass is 15.0. The summed E-state index contributed by atoms with van der Waals surface area (Å²) in [5.74, 6) is 0. The number of rotatable bonds is 3. The third kappa shape index (κ3) is 3.33. The van der Waals surface area contributed by atoms with Gasteiger partial charge in [-0.05, 0) is 69.4 Å². The molecule has 0 atom stereocenters. The molecule has 0 aliphatic rings. The molecule has 0 saturated heterocycles. The minimum absolute atomic E-state index is 1.18. The molecule has 0 spiro atoms. The Balaban J connectivity index is 1.54. The summed E-state index contributed by atoms with van der Waals surface area (Å²) in [5.41, 5.74) is 8.57. The Bertz CT molecular complexity index is 1730. The normalized spacial score (nSPS) is 11.4. The SMILES string of the molecule is c1ccc(-c2ccc3c(c2)c2cc(-c4ccccc4)ccc2n3-c2ccc3ccccc3c2)cc1. The maximum Gasteiger partial charge on any atom is 0.0541 e. The van der Waals surface area contributed by atoms with E-state index < -0.39 is 0 Å². The Labute approximate surface area is 204 Å². The van der Waals surface area contributed by atoms with Crippen molar-refractivity contribution in [1.82, 2.24) is 4.57 Å². The van der Waals surface area contributed by atoms with Crippen molar-refractivity contribution in [2.24, 2.45) is 0 Å². The van der Waals surface area contributed by atoms with Gasteiger partial charge in [0.1, 0.15) is 0 Å². The monoisotopic (exact) mass is 445 g/mol. The molecular weight excluding hydrogens is 422 g/mol. The maximum absolute atomic E-state index is 2.40. The van der Waals surface area contributed by atoms with Gasteiger partial charge >= 0.3 is 0 Å². The van der Waals surface area contributed by atoms with Crippen LogP contribution in [0.5, 0.6) is 0 Å². The first kappa shape index (κ1) is 19.8. The van der Waals surface area contributed by atoms with Crippen molar-refractivity contribution in [2.45, 2.75) is 0 Å². The van der Waals surface area contributed by atoms with Crippen molar-refractivity contribution in [1.29, 1.82) is 0 Å². The highest BCUT2D eigenvalue weighted by molar-refractivity contribution is 6.11. The molecule has 0 aliphatic heterocycles. The molecule has 1 heteroatoms. The zero-order valence-electron chi connectivity index (χ0n) is 19.2. The van der Waals surface area contributed by atoms with Crippen LogP contribution in [0.2, 0.25) is 0 Å².